The fourth-order valence-corrected chi connectivity index (χ4v) is 2.31. The van der Waals surface area contributed by atoms with Gasteiger partial charge in [-0.1, -0.05) is 0 Å². The summed E-state index contributed by atoms with van der Waals surface area (Å²) < 4.78 is 16.1. The normalized spacial score (nSPS) is 48.2. The van der Waals surface area contributed by atoms with Crippen LogP contribution in [-0.2, 0) is 0 Å². The van der Waals surface area contributed by atoms with Crippen LogP contribution < -0.4 is 0 Å². The number of rotatable bonds is 0. The van der Waals surface area contributed by atoms with Crippen LogP contribution >= 0.6 is 0 Å². The van der Waals surface area contributed by atoms with Gasteiger partial charge in [-0.25, -0.2) is 0 Å². The maximum Gasteiger partial charge on any atom is 0.0274 e. The molecule has 2 heterocycles. The van der Waals surface area contributed by atoms with Crippen molar-refractivity contribution in [1.29, 1.82) is 0 Å². The highest BCUT2D eigenvalue weighted by Crippen LogP contribution is 2.26. The third kappa shape index (κ3) is 1.57. The minimum Gasteiger partial charge on any atom is -0.306 e. The Hall–Kier alpha value is -0.0800. The van der Waals surface area contributed by atoms with Crippen LogP contribution in [-0.4, -0.2) is 50.1 Å². The second-order valence-electron chi connectivity index (χ2n) is 4.00. The van der Waals surface area contributed by atoms with Crippen LogP contribution in [0.4, 0.5) is 0 Å². The Morgan fingerprint density at radius 2 is 1.36 bits per heavy atom. The van der Waals surface area contributed by atoms with E-state index in [1.54, 1.807) is 0 Å². The van der Waals surface area contributed by atoms with E-state index in [4.69, 9.17) is 2.74 Å². The molecule has 0 atom stereocenters. The number of hydrogen-bond acceptors (Lipinski definition) is 2. The molecule has 2 aliphatic heterocycles. The van der Waals surface area contributed by atoms with Crippen LogP contribution in [0.25, 0.3) is 0 Å². The first kappa shape index (κ1) is 5.55. The lowest BCUT2D eigenvalue weighted by Gasteiger charge is -2.43. The van der Waals surface area contributed by atoms with Gasteiger partial charge in [-0.15, -0.1) is 0 Å². The van der Waals surface area contributed by atoms with Crippen LogP contribution in [0, 0.1) is 11.8 Å². The maximum atomic E-state index is 8.03. The molecule has 0 N–H and O–H groups in total. The third-order valence-corrected chi connectivity index (χ3v) is 2.60. The Kier molecular flexibility index (Phi) is 1.39. The number of fused-ring (bicyclic) bond motifs is 2. The first-order chi connectivity index (χ1) is 6.00. The van der Waals surface area contributed by atoms with Crippen molar-refractivity contribution in [3.63, 3.8) is 0 Å². The van der Waals surface area contributed by atoms with Gasteiger partial charge in [0.25, 0.3) is 0 Å². The Balaban J connectivity index is 2.19. The zero-order valence-corrected chi connectivity index (χ0v) is 7.38. The molecule has 0 amide bonds. The molecule has 2 nitrogen and oxygen atoms in total. The van der Waals surface area contributed by atoms with Gasteiger partial charge in [-0.05, 0) is 32.3 Å². The van der Waals surface area contributed by atoms with Gasteiger partial charge in [0.05, 0.1) is 0 Å². The molecule has 11 heavy (non-hydrogen) atoms. The molecule has 2 saturated heterocycles. The smallest absolute Gasteiger partial charge is 0.0274 e. The van der Waals surface area contributed by atoms with Gasteiger partial charge in [0.15, 0.2) is 0 Å². The lowest BCUT2D eigenvalue weighted by molar-refractivity contribution is 0.0569. The summed E-state index contributed by atoms with van der Waals surface area (Å²) in [5, 5.41) is 0. The van der Waals surface area contributed by atoms with E-state index >= 15 is 0 Å². The highest BCUT2D eigenvalue weighted by Gasteiger charge is 2.30. The van der Waals surface area contributed by atoms with Gasteiger partial charge in [-0.3, -0.25) is 0 Å². The highest BCUT2D eigenvalue weighted by molar-refractivity contribution is 4.84. The van der Waals surface area contributed by atoms with Gasteiger partial charge in [0, 0.05) is 28.9 Å². The number of nitrogens with zero attached hydrogens (tertiary/aromatic N) is 2. The SMILES string of the molecule is [2H]C1([2H])C2CN(C)CC1CN(C)C2. The summed E-state index contributed by atoms with van der Waals surface area (Å²) in [6.07, 6.45) is -0.932. The maximum absolute atomic E-state index is 8.03. The Labute approximate surface area is 72.0 Å². The molecule has 64 valence electrons. The largest absolute Gasteiger partial charge is 0.306 e. The quantitative estimate of drug-likeness (QED) is 0.504. The minimum absolute atomic E-state index is 0.204. The molecule has 0 radical (unpaired) electrons. The summed E-state index contributed by atoms with van der Waals surface area (Å²) in [5.74, 6) is 0.407. The van der Waals surface area contributed by atoms with Crippen molar-refractivity contribution in [2.45, 2.75) is 6.37 Å². The van der Waals surface area contributed by atoms with E-state index in [9.17, 15) is 0 Å². The first-order valence-electron chi connectivity index (χ1n) is 5.37. The third-order valence-electron chi connectivity index (χ3n) is 2.60. The van der Waals surface area contributed by atoms with Crippen LogP contribution in [0.15, 0.2) is 0 Å². The molecule has 0 unspecified atom stereocenters. The first-order valence-corrected chi connectivity index (χ1v) is 4.37. The van der Waals surface area contributed by atoms with E-state index in [-0.39, 0.29) is 11.8 Å². The summed E-state index contributed by atoms with van der Waals surface area (Å²) in [7, 11) is 4.20. The Bertz CT molecular complexity index is 176. The van der Waals surface area contributed by atoms with Crippen molar-refractivity contribution < 1.29 is 2.74 Å². The van der Waals surface area contributed by atoms with E-state index in [0.717, 1.165) is 26.2 Å². The van der Waals surface area contributed by atoms with E-state index in [1.807, 2.05) is 0 Å². The van der Waals surface area contributed by atoms with E-state index in [1.165, 1.54) is 0 Å². The molecule has 0 aliphatic carbocycles. The zero-order valence-electron chi connectivity index (χ0n) is 9.38. The summed E-state index contributed by atoms with van der Waals surface area (Å²) >= 11 is 0. The average Bonchev–Trinajstić information content (AvgIpc) is 1.95. The van der Waals surface area contributed by atoms with Crippen molar-refractivity contribution in [2.75, 3.05) is 40.3 Å². The van der Waals surface area contributed by atoms with Crippen molar-refractivity contribution in [3.8, 4) is 0 Å². The zero-order chi connectivity index (χ0) is 9.64. The van der Waals surface area contributed by atoms with Crippen LogP contribution in [0.1, 0.15) is 9.11 Å². The summed E-state index contributed by atoms with van der Waals surface area (Å²) in [5.41, 5.74) is 0. The summed E-state index contributed by atoms with van der Waals surface area (Å²) in [6.45, 7) is 3.64. The summed E-state index contributed by atoms with van der Waals surface area (Å²) in [6, 6.07) is 0. The lowest BCUT2D eigenvalue weighted by atomic mass is 9.85. The summed E-state index contributed by atoms with van der Waals surface area (Å²) in [4.78, 5) is 4.54. The van der Waals surface area contributed by atoms with Crippen molar-refractivity contribution in [2.24, 2.45) is 11.8 Å². The average molecular weight is 156 g/mol. The molecular formula is C9H18N2. The molecule has 0 aromatic rings. The molecule has 0 aromatic carbocycles. The second kappa shape index (κ2) is 2.76. The van der Waals surface area contributed by atoms with E-state index < -0.39 is 6.37 Å². The molecule has 2 heteroatoms. The van der Waals surface area contributed by atoms with Crippen LogP contribution in [0.3, 0.4) is 0 Å². The minimum atomic E-state index is -0.932. The van der Waals surface area contributed by atoms with Gasteiger partial charge in [0.2, 0.25) is 0 Å². The molecule has 2 rings (SSSR count). The molecule has 2 bridgehead atoms. The van der Waals surface area contributed by atoms with E-state index in [2.05, 4.69) is 23.9 Å². The molecule has 0 saturated carbocycles. The van der Waals surface area contributed by atoms with Gasteiger partial charge in [-0.2, -0.15) is 0 Å². The predicted molar refractivity (Wildman–Crippen MR) is 46.6 cm³/mol. The fraction of sp³-hybridized carbons (Fsp3) is 1.00. The standard InChI is InChI=1S/C9H18N2/c1-10-4-8-3-9(5-10)7-11(2)6-8/h8-9H,3-7H2,1-2H3/i3D2. The second-order valence-corrected chi connectivity index (χ2v) is 4.00. The predicted octanol–water partition coefficient (Wildman–Crippen LogP) is 0.500. The van der Waals surface area contributed by atoms with Crippen molar-refractivity contribution >= 4 is 0 Å². The molecule has 0 spiro atoms. The molecule has 0 aromatic heterocycles. The van der Waals surface area contributed by atoms with Gasteiger partial charge < -0.3 is 9.80 Å². The van der Waals surface area contributed by atoms with Gasteiger partial charge in [0.1, 0.15) is 0 Å². The monoisotopic (exact) mass is 156 g/mol. The van der Waals surface area contributed by atoms with Crippen LogP contribution in [0.5, 0.6) is 0 Å². The highest BCUT2D eigenvalue weighted by atomic mass is 15.2. The number of likely N-dealkylation sites (tertiary alicyclic amines) is 2. The topological polar surface area (TPSA) is 6.48 Å². The molecular weight excluding hydrogens is 136 g/mol. The van der Waals surface area contributed by atoms with E-state index in [0.29, 0.717) is 0 Å². The number of piperidine rings is 2. The fourth-order valence-electron chi connectivity index (χ4n) is 2.31. The van der Waals surface area contributed by atoms with Crippen molar-refractivity contribution in [3.05, 3.63) is 0 Å². The number of hydrogen-bond donors (Lipinski definition) is 0. The van der Waals surface area contributed by atoms with Crippen molar-refractivity contribution in [1.82, 2.24) is 9.80 Å². The Morgan fingerprint density at radius 1 is 1.00 bits per heavy atom. The van der Waals surface area contributed by atoms with Crippen LogP contribution in [0.2, 0.25) is 0 Å². The van der Waals surface area contributed by atoms with Gasteiger partial charge >= 0.3 is 0 Å². The Morgan fingerprint density at radius 3 is 1.73 bits per heavy atom. The lowest BCUT2D eigenvalue weighted by Crippen LogP contribution is -2.50. The molecule has 2 aliphatic rings. The molecule has 2 fully saturated rings.